The molecular weight excluding hydrogens is 281 g/mol. The highest BCUT2D eigenvalue weighted by Gasteiger charge is 2.22. The number of sulfonamides is 2. The molecule has 0 atom stereocenters. The molecule has 0 aliphatic heterocycles. The molecule has 1 aromatic rings. The molecule has 0 aromatic heterocycles. The molecular formula is C7H7ClFNO4S2. The number of nitrogens with one attached hydrogen (secondary N) is 1. The second kappa shape index (κ2) is 4.66. The van der Waals surface area contributed by atoms with Crippen molar-refractivity contribution >= 4 is 31.6 Å². The molecule has 16 heavy (non-hydrogen) atoms. The quantitative estimate of drug-likeness (QED) is 0.891. The lowest BCUT2D eigenvalue weighted by Gasteiger charge is -2.04. The molecule has 0 saturated heterocycles. The van der Waals surface area contributed by atoms with E-state index in [1.165, 1.54) is 16.3 Å². The average molecular weight is 288 g/mol. The number of hydrogen-bond acceptors (Lipinski definition) is 4. The van der Waals surface area contributed by atoms with Crippen molar-refractivity contribution in [3.8, 4) is 0 Å². The average Bonchev–Trinajstić information content (AvgIpc) is 2.17. The molecule has 1 aromatic carbocycles. The number of alkyl halides is 1. The summed E-state index contributed by atoms with van der Waals surface area (Å²) in [4.78, 5) is -0.311. The molecule has 9 heteroatoms. The minimum Gasteiger partial charge on any atom is -0.232 e. The first-order valence-electron chi connectivity index (χ1n) is 3.85. The van der Waals surface area contributed by atoms with Gasteiger partial charge < -0.3 is 0 Å². The van der Waals surface area contributed by atoms with Crippen molar-refractivity contribution in [3.05, 3.63) is 29.3 Å². The van der Waals surface area contributed by atoms with Crippen molar-refractivity contribution in [2.24, 2.45) is 0 Å². The van der Waals surface area contributed by atoms with Crippen molar-refractivity contribution in [1.82, 2.24) is 4.13 Å². The summed E-state index contributed by atoms with van der Waals surface area (Å²) >= 11 is 5.53. The smallest absolute Gasteiger partial charge is 0.232 e. The summed E-state index contributed by atoms with van der Waals surface area (Å²) in [6.07, 6.45) is 0. The van der Waals surface area contributed by atoms with Gasteiger partial charge in [0.25, 0.3) is 20.0 Å². The highest BCUT2D eigenvalue weighted by Crippen LogP contribution is 2.14. The molecule has 0 aliphatic carbocycles. The molecule has 0 saturated carbocycles. The van der Waals surface area contributed by atoms with Crippen LogP contribution in [0, 0.1) is 0 Å². The molecule has 0 spiro atoms. The number of rotatable bonds is 4. The van der Waals surface area contributed by atoms with Crippen LogP contribution in [0.1, 0.15) is 0 Å². The molecule has 90 valence electrons. The van der Waals surface area contributed by atoms with E-state index in [1.54, 1.807) is 0 Å². The van der Waals surface area contributed by atoms with Gasteiger partial charge in [-0.15, -0.1) is 4.13 Å². The summed E-state index contributed by atoms with van der Waals surface area (Å²) < 4.78 is 57.6. The molecule has 0 unspecified atom stereocenters. The highest BCUT2D eigenvalue weighted by atomic mass is 35.5. The predicted octanol–water partition coefficient (Wildman–Crippen LogP) is 0.875. The normalized spacial score (nSPS) is 12.6. The lowest BCUT2D eigenvalue weighted by atomic mass is 10.4. The lowest BCUT2D eigenvalue weighted by molar-refractivity contribution is 0.529. The molecule has 0 radical (unpaired) electrons. The van der Waals surface area contributed by atoms with Crippen LogP contribution >= 0.6 is 11.6 Å². The topological polar surface area (TPSA) is 80.3 Å². The summed E-state index contributed by atoms with van der Waals surface area (Å²) in [6.45, 7) is 0. The van der Waals surface area contributed by atoms with Crippen LogP contribution in [0.5, 0.6) is 0 Å². The maximum atomic E-state index is 11.9. The van der Waals surface area contributed by atoms with Crippen LogP contribution in [0.15, 0.2) is 29.2 Å². The van der Waals surface area contributed by atoms with Gasteiger partial charge in [-0.25, -0.2) is 21.2 Å². The van der Waals surface area contributed by atoms with Crippen LogP contribution < -0.4 is 4.13 Å². The predicted molar refractivity (Wildman–Crippen MR) is 56.7 cm³/mol. The van der Waals surface area contributed by atoms with Crippen LogP contribution in [0.25, 0.3) is 0 Å². The molecule has 0 aliphatic rings. The number of benzene rings is 1. The van der Waals surface area contributed by atoms with E-state index in [-0.39, 0.29) is 4.90 Å². The van der Waals surface area contributed by atoms with Gasteiger partial charge >= 0.3 is 0 Å². The van der Waals surface area contributed by atoms with Crippen LogP contribution in [-0.2, 0) is 20.0 Å². The number of halogens is 2. The van der Waals surface area contributed by atoms with E-state index in [9.17, 15) is 21.2 Å². The van der Waals surface area contributed by atoms with Gasteiger partial charge in [0, 0.05) is 5.02 Å². The summed E-state index contributed by atoms with van der Waals surface area (Å²) in [5.41, 5.74) is 0. The molecule has 0 amide bonds. The van der Waals surface area contributed by atoms with Gasteiger partial charge in [0.2, 0.25) is 6.01 Å². The third-order valence-corrected chi connectivity index (χ3v) is 4.83. The molecule has 0 fully saturated rings. The van der Waals surface area contributed by atoms with Crippen molar-refractivity contribution in [1.29, 1.82) is 0 Å². The van der Waals surface area contributed by atoms with Crippen molar-refractivity contribution in [3.63, 3.8) is 0 Å². The molecule has 0 heterocycles. The zero-order chi connectivity index (χ0) is 12.4. The summed E-state index contributed by atoms with van der Waals surface area (Å²) in [7, 11) is -8.76. The fraction of sp³-hybridized carbons (Fsp3) is 0.143. The minimum absolute atomic E-state index is 0.298. The van der Waals surface area contributed by atoms with E-state index in [1.807, 2.05) is 0 Å². The van der Waals surface area contributed by atoms with E-state index >= 15 is 0 Å². The zero-order valence-electron chi connectivity index (χ0n) is 7.72. The Hall–Kier alpha value is -0.700. The largest absolute Gasteiger partial charge is 0.254 e. The first-order valence-corrected chi connectivity index (χ1v) is 7.36. The lowest BCUT2D eigenvalue weighted by Crippen LogP contribution is -2.31. The second-order valence-electron chi connectivity index (χ2n) is 2.76. The van der Waals surface area contributed by atoms with Crippen molar-refractivity contribution < 1.29 is 21.2 Å². The Bertz CT molecular complexity index is 567. The Balaban J connectivity index is 3.09. The standard InChI is InChI=1S/C7H7ClFNO4S2/c8-6-1-3-7(4-2-6)16(13,14)10-15(11,12)5-9/h1-4,10H,5H2. The SMILES string of the molecule is O=S(=O)(CF)NS(=O)(=O)c1ccc(Cl)cc1. The number of hydrogen-bond donors (Lipinski definition) is 1. The molecule has 5 nitrogen and oxygen atoms in total. The Labute approximate surface area is 97.3 Å². The van der Waals surface area contributed by atoms with Crippen molar-refractivity contribution in [2.45, 2.75) is 4.90 Å². The van der Waals surface area contributed by atoms with Crippen LogP contribution in [-0.4, -0.2) is 22.8 Å². The van der Waals surface area contributed by atoms with Gasteiger partial charge in [0.15, 0.2) is 0 Å². The summed E-state index contributed by atoms with van der Waals surface area (Å²) in [5.74, 6) is 0. The fourth-order valence-corrected chi connectivity index (χ4v) is 3.37. The van der Waals surface area contributed by atoms with Crippen LogP contribution in [0.4, 0.5) is 4.39 Å². The summed E-state index contributed by atoms with van der Waals surface area (Å²) in [6, 6.07) is 2.97. The Kier molecular flexibility index (Phi) is 3.89. The molecule has 0 bridgehead atoms. The van der Waals surface area contributed by atoms with Gasteiger partial charge in [-0.05, 0) is 24.3 Å². The molecule has 1 rings (SSSR count). The van der Waals surface area contributed by atoms with E-state index in [0.29, 0.717) is 5.02 Å². The van der Waals surface area contributed by atoms with Gasteiger partial charge in [-0.1, -0.05) is 11.6 Å². The van der Waals surface area contributed by atoms with E-state index in [2.05, 4.69) is 0 Å². The Morgan fingerprint density at radius 3 is 2.06 bits per heavy atom. The van der Waals surface area contributed by atoms with E-state index < -0.39 is 26.1 Å². The fourth-order valence-electron chi connectivity index (χ4n) is 0.851. The van der Waals surface area contributed by atoms with Crippen LogP contribution in [0.3, 0.4) is 0 Å². The minimum atomic E-state index is -4.47. The zero-order valence-corrected chi connectivity index (χ0v) is 10.1. The monoisotopic (exact) mass is 287 g/mol. The van der Waals surface area contributed by atoms with E-state index in [4.69, 9.17) is 11.6 Å². The maximum Gasteiger partial charge on any atom is 0.254 e. The first-order chi connectivity index (χ1) is 7.27. The molecule has 1 N–H and O–H groups in total. The maximum absolute atomic E-state index is 11.9. The Morgan fingerprint density at radius 2 is 1.62 bits per heavy atom. The first kappa shape index (κ1) is 13.4. The third kappa shape index (κ3) is 3.41. The highest BCUT2D eigenvalue weighted by molar-refractivity contribution is 8.04. The third-order valence-electron chi connectivity index (χ3n) is 1.50. The van der Waals surface area contributed by atoms with Gasteiger partial charge in [-0.3, -0.25) is 0 Å². The Morgan fingerprint density at radius 1 is 1.12 bits per heavy atom. The van der Waals surface area contributed by atoms with Crippen LogP contribution in [0.2, 0.25) is 5.02 Å². The van der Waals surface area contributed by atoms with Crippen molar-refractivity contribution in [2.75, 3.05) is 6.01 Å². The van der Waals surface area contributed by atoms with Gasteiger partial charge in [0.05, 0.1) is 4.90 Å². The second-order valence-corrected chi connectivity index (χ2v) is 6.79. The summed E-state index contributed by atoms with van der Waals surface area (Å²) in [5, 5.41) is 0.298. The van der Waals surface area contributed by atoms with E-state index in [0.717, 1.165) is 12.1 Å². The van der Waals surface area contributed by atoms with Gasteiger partial charge in [0.1, 0.15) is 0 Å². The van der Waals surface area contributed by atoms with Gasteiger partial charge in [-0.2, -0.15) is 0 Å².